The van der Waals surface area contributed by atoms with Crippen LogP contribution in [0.2, 0.25) is 0 Å². The Balaban J connectivity index is 2.00. The van der Waals surface area contributed by atoms with Crippen molar-refractivity contribution in [2.24, 2.45) is 5.92 Å². The zero-order valence-corrected chi connectivity index (χ0v) is 10.3. The first-order valence-corrected chi connectivity index (χ1v) is 6.69. The highest BCUT2D eigenvalue weighted by Gasteiger charge is 2.22. The molecule has 5 nitrogen and oxygen atoms in total. The van der Waals surface area contributed by atoms with E-state index in [0.717, 1.165) is 5.56 Å². The molecule has 1 aliphatic rings. The predicted octanol–water partition coefficient (Wildman–Crippen LogP) is 1.28. The highest BCUT2D eigenvalue weighted by atomic mass is 32.2. The van der Waals surface area contributed by atoms with Gasteiger partial charge in [-0.3, -0.25) is 4.18 Å². The highest BCUT2D eigenvalue weighted by molar-refractivity contribution is 7.86. The van der Waals surface area contributed by atoms with E-state index in [9.17, 15) is 8.42 Å². The van der Waals surface area contributed by atoms with E-state index in [-0.39, 0.29) is 17.4 Å². The van der Waals surface area contributed by atoms with E-state index in [1.807, 2.05) is 6.92 Å². The van der Waals surface area contributed by atoms with E-state index >= 15 is 0 Å². The average molecular weight is 258 g/mol. The lowest BCUT2D eigenvalue weighted by Gasteiger charge is -2.08. The zero-order chi connectivity index (χ0) is 12.3. The third kappa shape index (κ3) is 3.26. The maximum absolute atomic E-state index is 11.8. The first-order valence-electron chi connectivity index (χ1n) is 5.28. The van der Waals surface area contributed by atoms with Gasteiger partial charge in [0.15, 0.2) is 0 Å². The van der Waals surface area contributed by atoms with Crippen molar-refractivity contribution in [3.8, 4) is 0 Å². The molecule has 0 aliphatic carbocycles. The van der Waals surface area contributed by atoms with Crippen LogP contribution in [-0.2, 0) is 24.1 Å². The minimum atomic E-state index is -3.68. The monoisotopic (exact) mass is 258 g/mol. The number of hydrogen-bond donors (Lipinski definition) is 0. The second-order valence-electron chi connectivity index (χ2n) is 3.99. The molecule has 0 aromatic heterocycles. The smallest absolute Gasteiger partial charge is 0.266 e. The van der Waals surface area contributed by atoms with E-state index in [1.54, 1.807) is 12.1 Å². The number of rotatable bonds is 4. The van der Waals surface area contributed by atoms with Crippen LogP contribution >= 0.6 is 0 Å². The van der Waals surface area contributed by atoms with E-state index < -0.39 is 10.1 Å². The normalized spacial score (nSPS) is 17.5. The quantitative estimate of drug-likeness (QED) is 0.601. The predicted molar refractivity (Wildman–Crippen MR) is 59.7 cm³/mol. The van der Waals surface area contributed by atoms with Crippen molar-refractivity contribution in [2.45, 2.75) is 11.8 Å². The van der Waals surface area contributed by atoms with Gasteiger partial charge in [-0.25, -0.2) is 9.78 Å². The molecular formula is C11H14O5S. The molecule has 0 unspecified atom stereocenters. The third-order valence-corrected chi connectivity index (χ3v) is 3.76. The Morgan fingerprint density at radius 2 is 1.82 bits per heavy atom. The van der Waals surface area contributed by atoms with Crippen LogP contribution in [0.1, 0.15) is 5.56 Å². The Hall–Kier alpha value is -0.950. The summed E-state index contributed by atoms with van der Waals surface area (Å²) in [5.41, 5.74) is 1.00. The van der Waals surface area contributed by atoms with Crippen molar-refractivity contribution in [1.29, 1.82) is 0 Å². The summed E-state index contributed by atoms with van der Waals surface area (Å²) in [6.45, 7) is 2.70. The first-order chi connectivity index (χ1) is 8.08. The Labute approximate surface area is 100 Å². The molecule has 0 spiro atoms. The Kier molecular flexibility index (Phi) is 3.78. The van der Waals surface area contributed by atoms with E-state index in [4.69, 9.17) is 4.18 Å². The molecule has 0 saturated carbocycles. The van der Waals surface area contributed by atoms with Gasteiger partial charge in [0.2, 0.25) is 0 Å². The van der Waals surface area contributed by atoms with Crippen molar-refractivity contribution in [3.63, 3.8) is 0 Å². The molecule has 1 fully saturated rings. The largest absolute Gasteiger partial charge is 0.296 e. The van der Waals surface area contributed by atoms with Crippen LogP contribution in [0.5, 0.6) is 0 Å². The Bertz CT molecular complexity index is 459. The van der Waals surface area contributed by atoms with E-state index in [2.05, 4.69) is 9.78 Å². The minimum Gasteiger partial charge on any atom is -0.266 e. The molecule has 1 aromatic rings. The molecule has 0 radical (unpaired) electrons. The van der Waals surface area contributed by atoms with Crippen LogP contribution < -0.4 is 0 Å². The van der Waals surface area contributed by atoms with Crippen molar-refractivity contribution < 1.29 is 22.4 Å². The molecule has 0 N–H and O–H groups in total. The maximum atomic E-state index is 11.8. The third-order valence-electron chi connectivity index (χ3n) is 2.46. The minimum absolute atomic E-state index is 0.0322. The molecule has 1 heterocycles. The van der Waals surface area contributed by atoms with Gasteiger partial charge in [0, 0.05) is 5.92 Å². The van der Waals surface area contributed by atoms with Crippen molar-refractivity contribution in [1.82, 2.24) is 0 Å². The lowest BCUT2D eigenvalue weighted by Crippen LogP contribution is -2.16. The fourth-order valence-electron chi connectivity index (χ4n) is 1.39. The summed E-state index contributed by atoms with van der Waals surface area (Å²) >= 11 is 0. The number of hydrogen-bond acceptors (Lipinski definition) is 5. The van der Waals surface area contributed by atoms with Gasteiger partial charge < -0.3 is 0 Å². The molecule has 1 saturated heterocycles. The SMILES string of the molecule is Cc1ccc(S(=O)(=O)OCC2COOC2)cc1. The zero-order valence-electron chi connectivity index (χ0n) is 9.46. The molecule has 17 heavy (non-hydrogen) atoms. The Morgan fingerprint density at radius 3 is 2.41 bits per heavy atom. The molecular weight excluding hydrogens is 244 g/mol. The van der Waals surface area contributed by atoms with Crippen LogP contribution in [-0.4, -0.2) is 28.2 Å². The topological polar surface area (TPSA) is 61.8 Å². The summed E-state index contributed by atoms with van der Waals surface area (Å²) in [5.74, 6) is -0.0322. The van der Waals surface area contributed by atoms with Crippen LogP contribution in [0.25, 0.3) is 0 Å². The lowest BCUT2D eigenvalue weighted by atomic mass is 10.2. The number of aryl methyl sites for hydroxylation is 1. The molecule has 2 rings (SSSR count). The standard InChI is InChI=1S/C11H14O5S/c1-9-2-4-11(5-3-9)17(12,13)16-8-10-6-14-15-7-10/h2-5,10H,6-8H2,1H3. The molecule has 1 aromatic carbocycles. The second kappa shape index (κ2) is 5.14. The van der Waals surface area contributed by atoms with Gasteiger partial charge in [-0.2, -0.15) is 8.42 Å². The van der Waals surface area contributed by atoms with Crippen LogP contribution in [0, 0.1) is 12.8 Å². The fourth-order valence-corrected chi connectivity index (χ4v) is 2.37. The van der Waals surface area contributed by atoms with Gasteiger partial charge in [0.25, 0.3) is 10.1 Å². The van der Waals surface area contributed by atoms with Gasteiger partial charge in [-0.05, 0) is 19.1 Å². The summed E-state index contributed by atoms with van der Waals surface area (Å²) in [7, 11) is -3.68. The summed E-state index contributed by atoms with van der Waals surface area (Å²) in [6, 6.07) is 6.54. The number of benzene rings is 1. The van der Waals surface area contributed by atoms with Crippen LogP contribution in [0.15, 0.2) is 29.2 Å². The van der Waals surface area contributed by atoms with Crippen molar-refractivity contribution >= 4 is 10.1 Å². The summed E-state index contributed by atoms with van der Waals surface area (Å²) < 4.78 is 28.5. The van der Waals surface area contributed by atoms with Gasteiger partial charge in [-0.1, -0.05) is 17.7 Å². The van der Waals surface area contributed by atoms with Gasteiger partial charge in [0.05, 0.1) is 24.7 Å². The van der Waals surface area contributed by atoms with Crippen molar-refractivity contribution in [3.05, 3.63) is 29.8 Å². The van der Waals surface area contributed by atoms with Gasteiger partial charge in [0.1, 0.15) is 0 Å². The molecule has 0 atom stereocenters. The molecule has 0 amide bonds. The van der Waals surface area contributed by atoms with Crippen LogP contribution in [0.3, 0.4) is 0 Å². The Morgan fingerprint density at radius 1 is 1.24 bits per heavy atom. The fraction of sp³-hybridized carbons (Fsp3) is 0.455. The van der Waals surface area contributed by atoms with E-state index in [1.165, 1.54) is 12.1 Å². The molecule has 94 valence electrons. The highest BCUT2D eigenvalue weighted by Crippen LogP contribution is 2.16. The van der Waals surface area contributed by atoms with Crippen molar-refractivity contribution in [2.75, 3.05) is 19.8 Å². The molecule has 0 bridgehead atoms. The van der Waals surface area contributed by atoms with Crippen LogP contribution in [0.4, 0.5) is 0 Å². The maximum Gasteiger partial charge on any atom is 0.296 e. The summed E-state index contributed by atoms with van der Waals surface area (Å²) in [4.78, 5) is 9.51. The lowest BCUT2D eigenvalue weighted by molar-refractivity contribution is -0.248. The van der Waals surface area contributed by atoms with E-state index in [0.29, 0.717) is 13.2 Å². The van der Waals surface area contributed by atoms with Gasteiger partial charge >= 0.3 is 0 Å². The molecule has 1 aliphatic heterocycles. The first kappa shape index (κ1) is 12.5. The summed E-state index contributed by atoms with van der Waals surface area (Å²) in [6.07, 6.45) is 0. The van der Waals surface area contributed by atoms with Gasteiger partial charge in [-0.15, -0.1) is 0 Å². The average Bonchev–Trinajstić information content (AvgIpc) is 2.80. The second-order valence-corrected chi connectivity index (χ2v) is 5.60. The summed E-state index contributed by atoms with van der Waals surface area (Å²) in [5, 5.41) is 0. The molecule has 6 heteroatoms.